The number of hydrogen-bond acceptors (Lipinski definition) is 6. The van der Waals surface area contributed by atoms with Crippen LogP contribution in [0, 0.1) is 0 Å². The number of hydrogen-bond donors (Lipinski definition) is 3. The number of anilines is 2. The third kappa shape index (κ3) is 4.62. The molecule has 0 aliphatic heterocycles. The average molecular weight is 456 g/mol. The van der Waals surface area contributed by atoms with Gasteiger partial charge in [0.1, 0.15) is 17.8 Å². The number of aryl methyl sites for hydroxylation is 1. The molecule has 0 unspecified atom stereocenters. The lowest BCUT2D eigenvalue weighted by atomic mass is 10.1. The Morgan fingerprint density at radius 1 is 1.12 bits per heavy atom. The first-order valence-electron chi connectivity index (χ1n) is 9.95. The molecule has 4 N–H and O–H groups in total. The van der Waals surface area contributed by atoms with Gasteiger partial charge < -0.3 is 16.2 Å². The summed E-state index contributed by atoms with van der Waals surface area (Å²) in [6.45, 7) is 0.437. The van der Waals surface area contributed by atoms with E-state index in [1.54, 1.807) is 28.9 Å². The smallest absolute Gasteiger partial charge is 0.396 e. The molecule has 11 heteroatoms. The molecule has 33 heavy (non-hydrogen) atoms. The summed E-state index contributed by atoms with van der Waals surface area (Å²) in [5, 5.41) is 16.8. The van der Waals surface area contributed by atoms with Gasteiger partial charge in [-0.1, -0.05) is 18.2 Å². The molecule has 0 saturated heterocycles. The lowest BCUT2D eigenvalue weighted by molar-refractivity contribution is -0.137. The Labute approximate surface area is 185 Å². The van der Waals surface area contributed by atoms with Crippen molar-refractivity contribution >= 4 is 28.4 Å². The lowest BCUT2D eigenvalue weighted by Gasteiger charge is -2.09. The van der Waals surface area contributed by atoms with Crippen LogP contribution in [0.15, 0.2) is 54.9 Å². The van der Waals surface area contributed by atoms with Crippen molar-refractivity contribution < 1.29 is 23.1 Å². The fraction of sp³-hybridized carbons (Fsp3) is 0.182. The largest absolute Gasteiger partial charge is 0.416 e. The molecule has 2 heterocycles. The van der Waals surface area contributed by atoms with Crippen LogP contribution in [0.5, 0.6) is 0 Å². The normalized spacial score (nSPS) is 11.6. The Bertz CT molecular complexity index is 1300. The number of nitrogens with one attached hydrogen (secondary N) is 1. The van der Waals surface area contributed by atoms with E-state index < -0.39 is 17.6 Å². The van der Waals surface area contributed by atoms with Gasteiger partial charge in [0, 0.05) is 30.0 Å². The van der Waals surface area contributed by atoms with Crippen molar-refractivity contribution in [1.29, 1.82) is 0 Å². The minimum Gasteiger partial charge on any atom is -0.396 e. The highest BCUT2D eigenvalue weighted by atomic mass is 19.4. The second kappa shape index (κ2) is 8.87. The van der Waals surface area contributed by atoms with Gasteiger partial charge in [-0.25, -0.2) is 14.6 Å². The maximum Gasteiger partial charge on any atom is 0.416 e. The van der Waals surface area contributed by atoms with E-state index in [9.17, 15) is 18.0 Å². The van der Waals surface area contributed by atoms with Crippen molar-refractivity contribution in [2.45, 2.75) is 19.1 Å². The quantitative estimate of drug-likeness (QED) is 0.407. The summed E-state index contributed by atoms with van der Waals surface area (Å²) in [7, 11) is 0. The van der Waals surface area contributed by atoms with E-state index >= 15 is 0 Å². The highest BCUT2D eigenvalue weighted by molar-refractivity contribution is 6.04. The fourth-order valence-corrected chi connectivity index (χ4v) is 3.36. The molecule has 4 rings (SSSR count). The van der Waals surface area contributed by atoms with Crippen molar-refractivity contribution in [1.82, 2.24) is 19.7 Å². The minimum absolute atomic E-state index is 0.00245. The van der Waals surface area contributed by atoms with Crippen molar-refractivity contribution in [3.05, 3.63) is 66.0 Å². The van der Waals surface area contributed by atoms with E-state index in [2.05, 4.69) is 20.4 Å². The van der Waals surface area contributed by atoms with Gasteiger partial charge in [0.15, 0.2) is 5.65 Å². The molecule has 0 aliphatic carbocycles. The van der Waals surface area contributed by atoms with Crippen LogP contribution in [0.1, 0.15) is 22.3 Å². The number of nitrogen functional groups attached to an aromatic ring is 1. The van der Waals surface area contributed by atoms with E-state index in [-0.39, 0.29) is 18.0 Å². The molecule has 0 fully saturated rings. The van der Waals surface area contributed by atoms with Crippen LogP contribution in [0.4, 0.5) is 24.7 Å². The molecule has 0 saturated carbocycles. The number of carbonyl (C=O) groups excluding carboxylic acids is 1. The molecular weight excluding hydrogens is 437 g/mol. The van der Waals surface area contributed by atoms with Crippen LogP contribution >= 0.6 is 0 Å². The summed E-state index contributed by atoms with van der Waals surface area (Å²) in [6.07, 6.45) is -2.71. The van der Waals surface area contributed by atoms with Crippen molar-refractivity contribution in [2.75, 3.05) is 17.7 Å². The predicted molar refractivity (Wildman–Crippen MR) is 116 cm³/mol. The van der Waals surface area contributed by atoms with Gasteiger partial charge in [-0.3, -0.25) is 4.79 Å². The Hall–Kier alpha value is -3.99. The zero-order chi connectivity index (χ0) is 23.6. The van der Waals surface area contributed by atoms with Gasteiger partial charge in [-0.05, 0) is 36.8 Å². The maximum atomic E-state index is 12.9. The van der Waals surface area contributed by atoms with Gasteiger partial charge in [0.05, 0.1) is 10.9 Å². The van der Waals surface area contributed by atoms with Crippen molar-refractivity contribution in [3.8, 4) is 11.3 Å². The Morgan fingerprint density at radius 3 is 2.58 bits per heavy atom. The first-order valence-corrected chi connectivity index (χ1v) is 9.95. The summed E-state index contributed by atoms with van der Waals surface area (Å²) < 4.78 is 40.4. The van der Waals surface area contributed by atoms with Crippen LogP contribution in [-0.4, -0.2) is 37.4 Å². The lowest BCUT2D eigenvalue weighted by Crippen LogP contribution is -2.13. The monoisotopic (exact) mass is 456 g/mol. The molecule has 170 valence electrons. The molecule has 2 aromatic carbocycles. The minimum atomic E-state index is -4.53. The van der Waals surface area contributed by atoms with Gasteiger partial charge in [-0.15, -0.1) is 0 Å². The average Bonchev–Trinajstić information content (AvgIpc) is 3.17. The fourth-order valence-electron chi connectivity index (χ4n) is 3.36. The van der Waals surface area contributed by atoms with E-state index in [0.717, 1.165) is 12.1 Å². The van der Waals surface area contributed by atoms with Gasteiger partial charge in [0.25, 0.3) is 5.91 Å². The van der Waals surface area contributed by atoms with E-state index in [1.807, 2.05) is 0 Å². The van der Waals surface area contributed by atoms with Gasteiger partial charge in [-0.2, -0.15) is 18.3 Å². The van der Waals surface area contributed by atoms with Crippen molar-refractivity contribution in [2.24, 2.45) is 0 Å². The predicted octanol–water partition coefficient (Wildman–Crippen LogP) is 3.73. The Morgan fingerprint density at radius 2 is 1.88 bits per heavy atom. The molecule has 0 radical (unpaired) electrons. The van der Waals surface area contributed by atoms with Crippen molar-refractivity contribution in [3.63, 3.8) is 0 Å². The second-order valence-corrected chi connectivity index (χ2v) is 7.22. The van der Waals surface area contributed by atoms with E-state index in [1.165, 1.54) is 18.5 Å². The number of nitrogens with two attached hydrogens (primary N) is 1. The number of aliphatic hydroxyl groups excluding tert-OH is 1. The number of carbonyl (C=O) groups is 1. The Balaban J connectivity index is 1.59. The van der Waals surface area contributed by atoms with Gasteiger partial charge >= 0.3 is 6.18 Å². The molecule has 2 aromatic heterocycles. The molecular formula is C22H19F3N6O2. The molecule has 0 bridgehead atoms. The summed E-state index contributed by atoms with van der Waals surface area (Å²) in [4.78, 5) is 20.7. The third-order valence-corrected chi connectivity index (χ3v) is 4.95. The molecule has 0 aliphatic rings. The maximum absolute atomic E-state index is 12.9. The number of fused-ring (bicyclic) bond motifs is 1. The molecule has 0 atom stereocenters. The number of rotatable bonds is 6. The highest BCUT2D eigenvalue weighted by Gasteiger charge is 2.30. The standard InChI is InChI=1S/C22H19F3N6O2/c23-22(24,25)15-4-1-3-14(11-15)21(33)29-16-7-5-13(6-8-16)18-17-19(26)27-12-28-20(17)31(30-18)9-2-10-32/h1,3-8,11-12,32H,2,9-10H2,(H,29,33)(H2,26,27,28). The molecule has 0 spiro atoms. The molecule has 8 nitrogen and oxygen atoms in total. The summed E-state index contributed by atoms with van der Waals surface area (Å²) in [5.41, 5.74) is 7.20. The second-order valence-electron chi connectivity index (χ2n) is 7.22. The van der Waals surface area contributed by atoms with E-state index in [0.29, 0.717) is 40.9 Å². The highest BCUT2D eigenvalue weighted by Crippen LogP contribution is 2.32. The van der Waals surface area contributed by atoms with Crippen LogP contribution in [-0.2, 0) is 12.7 Å². The number of aliphatic hydroxyl groups is 1. The number of aromatic nitrogens is 4. The molecule has 1 amide bonds. The SMILES string of the molecule is Nc1ncnc2c1c(-c1ccc(NC(=O)c3cccc(C(F)(F)F)c3)cc1)nn2CCCO. The number of halogens is 3. The number of benzene rings is 2. The number of alkyl halides is 3. The van der Waals surface area contributed by atoms with E-state index in [4.69, 9.17) is 10.8 Å². The number of amides is 1. The summed E-state index contributed by atoms with van der Waals surface area (Å²) in [5.74, 6) is -0.405. The summed E-state index contributed by atoms with van der Waals surface area (Å²) >= 11 is 0. The zero-order valence-corrected chi connectivity index (χ0v) is 17.2. The topological polar surface area (TPSA) is 119 Å². The van der Waals surface area contributed by atoms with Crippen LogP contribution < -0.4 is 11.1 Å². The Kier molecular flexibility index (Phi) is 5.97. The first kappa shape index (κ1) is 22.2. The third-order valence-electron chi connectivity index (χ3n) is 4.95. The van der Waals surface area contributed by atoms with Gasteiger partial charge in [0.2, 0.25) is 0 Å². The van der Waals surface area contributed by atoms with Crippen LogP contribution in [0.3, 0.4) is 0 Å². The zero-order valence-electron chi connectivity index (χ0n) is 17.2. The van der Waals surface area contributed by atoms with Crippen LogP contribution in [0.25, 0.3) is 22.3 Å². The number of nitrogens with zero attached hydrogens (tertiary/aromatic N) is 4. The van der Waals surface area contributed by atoms with Crippen LogP contribution in [0.2, 0.25) is 0 Å². The molecule has 4 aromatic rings. The summed E-state index contributed by atoms with van der Waals surface area (Å²) in [6, 6.07) is 10.8. The first-order chi connectivity index (χ1) is 15.8.